The number of carbonyl (C=O) groups is 1. The summed E-state index contributed by atoms with van der Waals surface area (Å²) < 4.78 is 13.0. The Balaban J connectivity index is 2.37. The predicted octanol–water partition coefficient (Wildman–Crippen LogP) is 2.68. The van der Waals surface area contributed by atoms with Crippen LogP contribution in [0.25, 0.3) is 0 Å². The Bertz CT molecular complexity index is 444. The molecular formula is C11H9ClFNO. The van der Waals surface area contributed by atoms with Gasteiger partial charge in [-0.3, -0.25) is 9.69 Å². The molecule has 2 rings (SSSR count). The van der Waals surface area contributed by atoms with Gasteiger partial charge in [-0.25, -0.2) is 4.39 Å². The topological polar surface area (TPSA) is 20.3 Å². The third-order valence-electron chi connectivity index (χ3n) is 2.28. The molecule has 1 heterocycles. The summed E-state index contributed by atoms with van der Waals surface area (Å²) in [6.45, 7) is 1.69. The molecule has 0 bridgehead atoms. The van der Waals surface area contributed by atoms with Crippen molar-refractivity contribution in [2.24, 2.45) is 0 Å². The summed E-state index contributed by atoms with van der Waals surface area (Å²) >= 11 is 5.96. The van der Waals surface area contributed by atoms with E-state index in [0.717, 1.165) is 0 Å². The van der Waals surface area contributed by atoms with Crippen molar-refractivity contribution in [3.63, 3.8) is 0 Å². The van der Waals surface area contributed by atoms with Crippen molar-refractivity contribution in [2.75, 3.05) is 4.90 Å². The molecule has 1 atom stereocenters. The van der Waals surface area contributed by atoms with Crippen LogP contribution >= 0.6 is 11.6 Å². The summed E-state index contributed by atoms with van der Waals surface area (Å²) in [4.78, 5) is 13.0. The van der Waals surface area contributed by atoms with Gasteiger partial charge in [-0.2, -0.15) is 0 Å². The van der Waals surface area contributed by atoms with Gasteiger partial charge in [-0.05, 0) is 31.2 Å². The van der Waals surface area contributed by atoms with Crippen LogP contribution in [0.3, 0.4) is 0 Å². The van der Waals surface area contributed by atoms with Gasteiger partial charge < -0.3 is 0 Å². The highest BCUT2D eigenvalue weighted by atomic mass is 35.5. The number of alkyl halides is 1. The Morgan fingerprint density at radius 3 is 2.73 bits per heavy atom. The first-order valence-electron chi connectivity index (χ1n) is 4.51. The zero-order valence-electron chi connectivity index (χ0n) is 8.08. The smallest absolute Gasteiger partial charge is 0.255 e. The lowest BCUT2D eigenvalue weighted by molar-refractivity contribution is -0.114. The number of hydrogen-bond acceptors (Lipinski definition) is 1. The molecule has 4 heteroatoms. The molecule has 0 fully saturated rings. The summed E-state index contributed by atoms with van der Waals surface area (Å²) in [6, 6.07) is 5.82. The average Bonchev–Trinajstić information content (AvgIpc) is 2.41. The Labute approximate surface area is 92.0 Å². The minimum Gasteiger partial charge on any atom is -0.288 e. The summed E-state index contributed by atoms with van der Waals surface area (Å²) in [5.74, 6) is -0.561. The van der Waals surface area contributed by atoms with Gasteiger partial charge in [0, 0.05) is 11.3 Å². The summed E-state index contributed by atoms with van der Waals surface area (Å²) in [5.41, 5.74) is 0.534. The summed E-state index contributed by atoms with van der Waals surface area (Å²) in [7, 11) is 0. The van der Waals surface area contributed by atoms with Crippen molar-refractivity contribution >= 4 is 23.2 Å². The second-order valence-electron chi connectivity index (χ2n) is 3.38. The standard InChI is InChI=1S/C11H9ClFNO/c1-7-5-10(12)14(11(7)15)9-4-2-3-8(13)6-9/h2-6,10H,1H3. The van der Waals surface area contributed by atoms with E-state index >= 15 is 0 Å². The average molecular weight is 226 g/mol. The molecule has 1 aromatic rings. The van der Waals surface area contributed by atoms with E-state index < -0.39 is 5.50 Å². The van der Waals surface area contributed by atoms with Gasteiger partial charge in [0.05, 0.1) is 0 Å². The molecule has 2 nitrogen and oxygen atoms in total. The fourth-order valence-electron chi connectivity index (χ4n) is 1.54. The molecule has 15 heavy (non-hydrogen) atoms. The zero-order chi connectivity index (χ0) is 11.0. The highest BCUT2D eigenvalue weighted by molar-refractivity contribution is 6.29. The maximum Gasteiger partial charge on any atom is 0.255 e. The molecule has 1 unspecified atom stereocenters. The number of halogens is 2. The van der Waals surface area contributed by atoms with Crippen LogP contribution in [0, 0.1) is 5.82 Å². The molecule has 1 aromatic carbocycles. The van der Waals surface area contributed by atoms with Crippen LogP contribution in [0.5, 0.6) is 0 Å². The van der Waals surface area contributed by atoms with Crippen LogP contribution < -0.4 is 4.90 Å². The van der Waals surface area contributed by atoms with Crippen LogP contribution in [-0.2, 0) is 4.79 Å². The molecule has 0 N–H and O–H groups in total. The van der Waals surface area contributed by atoms with Gasteiger partial charge in [0.15, 0.2) is 0 Å². The first-order valence-corrected chi connectivity index (χ1v) is 4.95. The molecule has 0 spiro atoms. The van der Waals surface area contributed by atoms with Crippen molar-refractivity contribution in [3.05, 3.63) is 41.7 Å². The minimum atomic E-state index is -0.528. The Kier molecular flexibility index (Phi) is 2.49. The highest BCUT2D eigenvalue weighted by Gasteiger charge is 2.29. The van der Waals surface area contributed by atoms with Gasteiger partial charge in [-0.1, -0.05) is 17.7 Å². The fourth-order valence-corrected chi connectivity index (χ4v) is 1.93. The van der Waals surface area contributed by atoms with E-state index in [4.69, 9.17) is 11.6 Å². The van der Waals surface area contributed by atoms with Gasteiger partial charge >= 0.3 is 0 Å². The number of amides is 1. The number of nitrogens with zero attached hydrogens (tertiary/aromatic N) is 1. The molecule has 0 aromatic heterocycles. The van der Waals surface area contributed by atoms with E-state index in [1.807, 2.05) is 0 Å². The number of carbonyl (C=O) groups excluding carboxylic acids is 1. The molecular weight excluding hydrogens is 217 g/mol. The van der Waals surface area contributed by atoms with Crippen LogP contribution in [0.4, 0.5) is 10.1 Å². The lowest BCUT2D eigenvalue weighted by atomic mass is 10.2. The van der Waals surface area contributed by atoms with E-state index in [2.05, 4.69) is 0 Å². The maximum absolute atomic E-state index is 13.0. The van der Waals surface area contributed by atoms with Gasteiger partial charge in [-0.15, -0.1) is 0 Å². The van der Waals surface area contributed by atoms with E-state index in [1.54, 1.807) is 25.1 Å². The lowest BCUT2D eigenvalue weighted by Crippen LogP contribution is -2.31. The second-order valence-corrected chi connectivity index (χ2v) is 3.82. The van der Waals surface area contributed by atoms with Crippen molar-refractivity contribution in [1.29, 1.82) is 0 Å². The number of hydrogen-bond donors (Lipinski definition) is 0. The number of rotatable bonds is 1. The van der Waals surface area contributed by atoms with Crippen LogP contribution in [0.1, 0.15) is 6.92 Å². The van der Waals surface area contributed by atoms with E-state index in [9.17, 15) is 9.18 Å². The largest absolute Gasteiger partial charge is 0.288 e. The Hall–Kier alpha value is -1.35. The first-order chi connectivity index (χ1) is 7.09. The molecule has 0 radical (unpaired) electrons. The fraction of sp³-hybridized carbons (Fsp3) is 0.182. The van der Waals surface area contributed by atoms with Crippen LogP contribution in [0.15, 0.2) is 35.9 Å². The van der Waals surface area contributed by atoms with Gasteiger partial charge in [0.25, 0.3) is 5.91 Å². The van der Waals surface area contributed by atoms with Crippen LogP contribution in [-0.4, -0.2) is 11.4 Å². The number of anilines is 1. The Morgan fingerprint density at radius 1 is 1.47 bits per heavy atom. The third kappa shape index (κ3) is 1.75. The quantitative estimate of drug-likeness (QED) is 0.532. The summed E-state index contributed by atoms with van der Waals surface area (Å²) in [6.07, 6.45) is 1.65. The molecule has 0 saturated carbocycles. The second kappa shape index (κ2) is 3.66. The monoisotopic (exact) mass is 225 g/mol. The van der Waals surface area contributed by atoms with Gasteiger partial charge in [0.2, 0.25) is 0 Å². The highest BCUT2D eigenvalue weighted by Crippen LogP contribution is 2.27. The van der Waals surface area contributed by atoms with Crippen molar-refractivity contribution in [3.8, 4) is 0 Å². The molecule has 0 aliphatic carbocycles. The normalized spacial score (nSPS) is 20.7. The SMILES string of the molecule is CC1=CC(Cl)N(c2cccc(F)c2)C1=O. The first kappa shape index (κ1) is 10.2. The molecule has 1 aliphatic rings. The van der Waals surface area contributed by atoms with Crippen molar-refractivity contribution < 1.29 is 9.18 Å². The zero-order valence-corrected chi connectivity index (χ0v) is 8.83. The van der Waals surface area contributed by atoms with Gasteiger partial charge in [0.1, 0.15) is 11.3 Å². The summed E-state index contributed by atoms with van der Waals surface area (Å²) in [5, 5.41) is 0. The molecule has 0 saturated heterocycles. The Morgan fingerprint density at radius 2 is 2.20 bits per heavy atom. The molecule has 1 aliphatic heterocycles. The molecule has 1 amide bonds. The lowest BCUT2D eigenvalue weighted by Gasteiger charge is -2.20. The molecule has 78 valence electrons. The van der Waals surface area contributed by atoms with Crippen LogP contribution in [0.2, 0.25) is 0 Å². The maximum atomic E-state index is 13.0. The minimum absolute atomic E-state index is 0.180. The van der Waals surface area contributed by atoms with E-state index in [1.165, 1.54) is 17.0 Å². The van der Waals surface area contributed by atoms with E-state index in [-0.39, 0.29) is 11.7 Å². The van der Waals surface area contributed by atoms with E-state index in [0.29, 0.717) is 11.3 Å². The van der Waals surface area contributed by atoms with Crippen molar-refractivity contribution in [2.45, 2.75) is 12.4 Å². The predicted molar refractivity (Wildman–Crippen MR) is 57.3 cm³/mol. The van der Waals surface area contributed by atoms with Crippen molar-refractivity contribution in [1.82, 2.24) is 0 Å². The number of benzene rings is 1. The third-order valence-corrected chi connectivity index (χ3v) is 2.60.